The maximum atomic E-state index is 3.46. The highest BCUT2D eigenvalue weighted by Crippen LogP contribution is 2.25. The zero-order valence-electron chi connectivity index (χ0n) is 13.4. The topological polar surface area (TPSA) is 15.3 Å². The van der Waals surface area contributed by atoms with Crippen molar-refractivity contribution in [3.63, 3.8) is 0 Å². The maximum Gasteiger partial charge on any atom is 0.0363 e. The fraction of sp³-hybridized carbons (Fsp3) is 0.667. The van der Waals surface area contributed by atoms with Gasteiger partial charge in [-0.05, 0) is 36.5 Å². The second kappa shape index (κ2) is 7.68. The first-order chi connectivity index (χ1) is 9.65. The highest BCUT2D eigenvalue weighted by atomic mass is 15.1. The Morgan fingerprint density at radius 3 is 2.35 bits per heavy atom. The van der Waals surface area contributed by atoms with Gasteiger partial charge in [-0.15, -0.1) is 0 Å². The molecule has 0 spiro atoms. The van der Waals surface area contributed by atoms with Gasteiger partial charge in [-0.3, -0.25) is 0 Å². The van der Waals surface area contributed by atoms with E-state index in [4.69, 9.17) is 0 Å². The van der Waals surface area contributed by atoms with Gasteiger partial charge < -0.3 is 10.2 Å². The summed E-state index contributed by atoms with van der Waals surface area (Å²) >= 11 is 0. The number of nitrogens with one attached hydrogen (secondary N) is 1. The van der Waals surface area contributed by atoms with Crippen LogP contribution in [0.5, 0.6) is 0 Å². The summed E-state index contributed by atoms with van der Waals surface area (Å²) in [7, 11) is 2.23. The number of anilines is 1. The second-order valence-electron chi connectivity index (χ2n) is 6.59. The van der Waals surface area contributed by atoms with Crippen LogP contribution >= 0.6 is 0 Å². The van der Waals surface area contributed by atoms with Gasteiger partial charge in [-0.25, -0.2) is 0 Å². The van der Waals surface area contributed by atoms with Crippen LogP contribution in [0.4, 0.5) is 5.69 Å². The van der Waals surface area contributed by atoms with Gasteiger partial charge in [0.2, 0.25) is 0 Å². The average molecular weight is 274 g/mol. The minimum absolute atomic E-state index is 0.545. The third kappa shape index (κ3) is 4.82. The summed E-state index contributed by atoms with van der Waals surface area (Å²) in [5, 5.41) is 3.46. The van der Waals surface area contributed by atoms with Crippen molar-refractivity contribution < 1.29 is 0 Å². The van der Waals surface area contributed by atoms with Crippen LogP contribution in [0.3, 0.4) is 0 Å². The van der Waals surface area contributed by atoms with Crippen LogP contribution < -0.4 is 10.2 Å². The van der Waals surface area contributed by atoms with Crippen LogP contribution in [0.2, 0.25) is 0 Å². The first-order valence-electron chi connectivity index (χ1n) is 8.18. The van der Waals surface area contributed by atoms with E-state index in [1.54, 1.807) is 0 Å². The Labute approximate surface area is 124 Å². The molecule has 0 atom stereocenters. The van der Waals surface area contributed by atoms with E-state index in [0.29, 0.717) is 6.04 Å². The summed E-state index contributed by atoms with van der Waals surface area (Å²) < 4.78 is 0. The molecule has 2 heteroatoms. The SMILES string of the molecule is CC(C)NCc1ccc(N(C)CC2CCCCC2)cc1. The molecule has 0 aromatic heterocycles. The van der Waals surface area contributed by atoms with E-state index in [1.807, 2.05) is 0 Å². The lowest BCUT2D eigenvalue weighted by Gasteiger charge is -2.28. The highest BCUT2D eigenvalue weighted by Gasteiger charge is 2.15. The van der Waals surface area contributed by atoms with Crippen molar-refractivity contribution in [3.05, 3.63) is 29.8 Å². The average Bonchev–Trinajstić information content (AvgIpc) is 2.46. The van der Waals surface area contributed by atoms with Gasteiger partial charge in [-0.2, -0.15) is 0 Å². The zero-order chi connectivity index (χ0) is 14.4. The number of hydrogen-bond donors (Lipinski definition) is 1. The summed E-state index contributed by atoms with van der Waals surface area (Å²) in [6, 6.07) is 9.58. The largest absolute Gasteiger partial charge is 0.374 e. The quantitative estimate of drug-likeness (QED) is 0.836. The molecule has 1 fully saturated rings. The van der Waals surface area contributed by atoms with E-state index in [9.17, 15) is 0 Å². The van der Waals surface area contributed by atoms with Gasteiger partial charge in [0.1, 0.15) is 0 Å². The van der Waals surface area contributed by atoms with E-state index in [-0.39, 0.29) is 0 Å². The second-order valence-corrected chi connectivity index (χ2v) is 6.59. The van der Waals surface area contributed by atoms with Crippen molar-refractivity contribution in [3.8, 4) is 0 Å². The smallest absolute Gasteiger partial charge is 0.0363 e. The van der Waals surface area contributed by atoms with E-state index >= 15 is 0 Å². The minimum Gasteiger partial charge on any atom is -0.374 e. The van der Waals surface area contributed by atoms with Crippen molar-refractivity contribution in [2.45, 2.75) is 58.5 Å². The Morgan fingerprint density at radius 1 is 1.10 bits per heavy atom. The lowest BCUT2D eigenvalue weighted by atomic mass is 9.89. The number of benzene rings is 1. The predicted octanol–water partition coefficient (Wildman–Crippen LogP) is 4.20. The molecule has 2 rings (SSSR count). The van der Waals surface area contributed by atoms with E-state index in [0.717, 1.165) is 12.5 Å². The summed E-state index contributed by atoms with van der Waals surface area (Å²) in [5.74, 6) is 0.899. The van der Waals surface area contributed by atoms with E-state index < -0.39 is 0 Å². The molecular formula is C18H30N2. The zero-order valence-corrected chi connectivity index (χ0v) is 13.4. The molecule has 1 aromatic rings. The molecule has 112 valence electrons. The standard InChI is InChI=1S/C18H30N2/c1-15(2)19-13-16-9-11-18(12-10-16)20(3)14-17-7-5-4-6-8-17/h9-12,15,17,19H,4-8,13-14H2,1-3H3. The molecule has 0 radical (unpaired) electrons. The van der Waals surface area contributed by atoms with Crippen molar-refractivity contribution in [1.82, 2.24) is 5.32 Å². The molecule has 1 aliphatic rings. The third-order valence-corrected chi connectivity index (χ3v) is 4.35. The van der Waals surface area contributed by atoms with Gasteiger partial charge in [0, 0.05) is 31.9 Å². The highest BCUT2D eigenvalue weighted by molar-refractivity contribution is 5.46. The van der Waals surface area contributed by atoms with Crippen LogP contribution in [0.25, 0.3) is 0 Å². The molecule has 1 N–H and O–H groups in total. The fourth-order valence-corrected chi connectivity index (χ4v) is 3.05. The van der Waals surface area contributed by atoms with Crippen LogP contribution in [0.15, 0.2) is 24.3 Å². The molecule has 0 unspecified atom stereocenters. The number of rotatable bonds is 6. The van der Waals surface area contributed by atoms with Crippen LogP contribution in [-0.4, -0.2) is 19.6 Å². The number of hydrogen-bond acceptors (Lipinski definition) is 2. The predicted molar refractivity (Wildman–Crippen MR) is 88.3 cm³/mol. The molecule has 2 nitrogen and oxygen atoms in total. The third-order valence-electron chi connectivity index (χ3n) is 4.35. The molecular weight excluding hydrogens is 244 g/mol. The summed E-state index contributed by atoms with van der Waals surface area (Å²) in [6.45, 7) is 6.55. The summed E-state index contributed by atoms with van der Waals surface area (Å²) in [4.78, 5) is 2.43. The first-order valence-corrected chi connectivity index (χ1v) is 8.18. The Bertz CT molecular complexity index is 377. The number of nitrogens with zero attached hydrogens (tertiary/aromatic N) is 1. The Balaban J connectivity index is 1.84. The monoisotopic (exact) mass is 274 g/mol. The summed E-state index contributed by atoms with van der Waals surface area (Å²) in [5.41, 5.74) is 2.72. The van der Waals surface area contributed by atoms with Crippen molar-refractivity contribution in [2.75, 3.05) is 18.5 Å². The lowest BCUT2D eigenvalue weighted by molar-refractivity contribution is 0.362. The van der Waals surface area contributed by atoms with E-state index in [1.165, 1.54) is 49.9 Å². The Kier molecular flexibility index (Phi) is 5.90. The van der Waals surface area contributed by atoms with Gasteiger partial charge in [0.25, 0.3) is 0 Å². The van der Waals surface area contributed by atoms with Crippen LogP contribution in [0, 0.1) is 5.92 Å². The maximum absolute atomic E-state index is 3.46. The normalized spacial score (nSPS) is 16.6. The summed E-state index contributed by atoms with van der Waals surface area (Å²) in [6.07, 6.45) is 7.13. The Hall–Kier alpha value is -1.02. The molecule has 1 aromatic carbocycles. The van der Waals surface area contributed by atoms with Crippen molar-refractivity contribution in [1.29, 1.82) is 0 Å². The van der Waals surface area contributed by atoms with Gasteiger partial charge >= 0.3 is 0 Å². The van der Waals surface area contributed by atoms with Gasteiger partial charge in [0.15, 0.2) is 0 Å². The van der Waals surface area contributed by atoms with Crippen molar-refractivity contribution >= 4 is 5.69 Å². The minimum atomic E-state index is 0.545. The fourth-order valence-electron chi connectivity index (χ4n) is 3.05. The molecule has 0 saturated heterocycles. The van der Waals surface area contributed by atoms with Gasteiger partial charge in [0.05, 0.1) is 0 Å². The molecule has 0 amide bonds. The van der Waals surface area contributed by atoms with Crippen LogP contribution in [-0.2, 0) is 6.54 Å². The molecule has 0 bridgehead atoms. The lowest BCUT2D eigenvalue weighted by Crippen LogP contribution is -2.26. The molecule has 0 aliphatic heterocycles. The van der Waals surface area contributed by atoms with Crippen molar-refractivity contribution in [2.24, 2.45) is 5.92 Å². The molecule has 0 heterocycles. The Morgan fingerprint density at radius 2 is 1.75 bits per heavy atom. The molecule has 1 aliphatic carbocycles. The van der Waals surface area contributed by atoms with E-state index in [2.05, 4.69) is 55.4 Å². The first kappa shape index (κ1) is 15.4. The molecule has 20 heavy (non-hydrogen) atoms. The van der Waals surface area contributed by atoms with Crippen LogP contribution in [0.1, 0.15) is 51.5 Å². The van der Waals surface area contributed by atoms with Gasteiger partial charge in [-0.1, -0.05) is 45.2 Å². The molecule has 1 saturated carbocycles.